The molecule has 0 amide bonds. The molecule has 0 saturated heterocycles. The van der Waals surface area contributed by atoms with Gasteiger partial charge in [0.25, 0.3) is 0 Å². The molecule has 0 saturated carbocycles. The van der Waals surface area contributed by atoms with Crippen molar-refractivity contribution >= 4 is 0 Å². The Kier molecular flexibility index (Phi) is 10.9. The molecule has 0 heteroatoms. The molecule has 0 aliphatic heterocycles. The molecule has 0 bridgehead atoms. The standard InChI is InChI=1S/C18H38/c1-7-8-9-12-18(14-15(2)3)13-10-11-17(6)16(4)5/h15-18H,7-14H2,1-6H3. The quantitative estimate of drug-likeness (QED) is 0.360. The molecule has 0 aromatic rings. The molecule has 0 nitrogen and oxygen atoms in total. The second-order valence-corrected chi connectivity index (χ2v) is 7.14. The summed E-state index contributed by atoms with van der Waals surface area (Å²) < 4.78 is 0. The van der Waals surface area contributed by atoms with Gasteiger partial charge in [-0.2, -0.15) is 0 Å². The van der Waals surface area contributed by atoms with E-state index in [0.717, 1.165) is 23.7 Å². The van der Waals surface area contributed by atoms with Crippen LogP contribution in [0.15, 0.2) is 0 Å². The first-order valence-electron chi connectivity index (χ1n) is 8.47. The van der Waals surface area contributed by atoms with E-state index in [-0.39, 0.29) is 0 Å². The summed E-state index contributed by atoms with van der Waals surface area (Å²) in [5.74, 6) is 3.63. The molecule has 0 aliphatic carbocycles. The molecule has 0 N–H and O–H groups in total. The fourth-order valence-electron chi connectivity index (χ4n) is 2.79. The topological polar surface area (TPSA) is 0 Å². The Balaban J connectivity index is 3.85. The van der Waals surface area contributed by atoms with Gasteiger partial charge < -0.3 is 0 Å². The fourth-order valence-corrected chi connectivity index (χ4v) is 2.79. The van der Waals surface area contributed by atoms with Crippen LogP contribution in [0.3, 0.4) is 0 Å². The lowest BCUT2D eigenvalue weighted by Gasteiger charge is -2.21. The van der Waals surface area contributed by atoms with E-state index in [1.165, 1.54) is 51.4 Å². The van der Waals surface area contributed by atoms with Gasteiger partial charge in [0.15, 0.2) is 0 Å². The van der Waals surface area contributed by atoms with Crippen molar-refractivity contribution in [2.75, 3.05) is 0 Å². The summed E-state index contributed by atoms with van der Waals surface area (Å²) in [6.07, 6.45) is 11.5. The van der Waals surface area contributed by atoms with E-state index in [1.54, 1.807) is 0 Å². The first kappa shape index (κ1) is 18.0. The van der Waals surface area contributed by atoms with Crippen LogP contribution in [-0.4, -0.2) is 0 Å². The van der Waals surface area contributed by atoms with Crippen LogP contribution in [-0.2, 0) is 0 Å². The van der Waals surface area contributed by atoms with Crippen LogP contribution >= 0.6 is 0 Å². The number of rotatable bonds is 11. The number of hydrogen-bond donors (Lipinski definition) is 0. The molecule has 0 rings (SSSR count). The van der Waals surface area contributed by atoms with Gasteiger partial charge in [0, 0.05) is 0 Å². The lowest BCUT2D eigenvalue weighted by Crippen LogP contribution is -2.08. The van der Waals surface area contributed by atoms with Crippen LogP contribution in [0.5, 0.6) is 0 Å². The minimum atomic E-state index is 0.855. The van der Waals surface area contributed by atoms with Gasteiger partial charge in [-0.25, -0.2) is 0 Å². The molecule has 18 heavy (non-hydrogen) atoms. The third-order valence-corrected chi connectivity index (χ3v) is 4.43. The molecule has 110 valence electrons. The highest BCUT2D eigenvalue weighted by Gasteiger charge is 2.12. The molecule has 0 radical (unpaired) electrons. The summed E-state index contributed by atoms with van der Waals surface area (Å²) in [5.41, 5.74) is 0. The molecule has 0 heterocycles. The summed E-state index contributed by atoms with van der Waals surface area (Å²) in [6.45, 7) is 14.2. The summed E-state index contributed by atoms with van der Waals surface area (Å²) >= 11 is 0. The average Bonchev–Trinajstić information content (AvgIpc) is 2.28. The second kappa shape index (κ2) is 10.9. The van der Waals surface area contributed by atoms with Crippen LogP contribution in [0.2, 0.25) is 0 Å². The molecule has 0 aromatic carbocycles. The van der Waals surface area contributed by atoms with Gasteiger partial charge in [0.2, 0.25) is 0 Å². The Morgan fingerprint density at radius 2 is 1.33 bits per heavy atom. The Labute approximate surface area is 117 Å². The maximum absolute atomic E-state index is 2.42. The van der Waals surface area contributed by atoms with Gasteiger partial charge >= 0.3 is 0 Å². The van der Waals surface area contributed by atoms with Crippen molar-refractivity contribution in [1.29, 1.82) is 0 Å². The second-order valence-electron chi connectivity index (χ2n) is 7.14. The zero-order chi connectivity index (χ0) is 14.0. The van der Waals surface area contributed by atoms with Crippen LogP contribution < -0.4 is 0 Å². The van der Waals surface area contributed by atoms with E-state index >= 15 is 0 Å². The van der Waals surface area contributed by atoms with Crippen LogP contribution in [0.25, 0.3) is 0 Å². The highest BCUT2D eigenvalue weighted by molar-refractivity contribution is 4.65. The van der Waals surface area contributed by atoms with Crippen LogP contribution in [0, 0.1) is 23.7 Å². The van der Waals surface area contributed by atoms with E-state index in [0.29, 0.717) is 0 Å². The van der Waals surface area contributed by atoms with Gasteiger partial charge in [-0.1, -0.05) is 86.5 Å². The third-order valence-electron chi connectivity index (χ3n) is 4.43. The van der Waals surface area contributed by atoms with E-state index in [2.05, 4.69) is 41.5 Å². The molecular weight excluding hydrogens is 216 g/mol. The predicted octanol–water partition coefficient (Wildman–Crippen LogP) is 6.69. The van der Waals surface area contributed by atoms with Crippen LogP contribution in [0.1, 0.15) is 92.9 Å². The van der Waals surface area contributed by atoms with Gasteiger partial charge in [-0.05, 0) is 30.1 Å². The van der Waals surface area contributed by atoms with Crippen molar-refractivity contribution in [2.24, 2.45) is 23.7 Å². The van der Waals surface area contributed by atoms with E-state index in [1.807, 2.05) is 0 Å². The Morgan fingerprint density at radius 3 is 1.83 bits per heavy atom. The fraction of sp³-hybridized carbons (Fsp3) is 1.00. The van der Waals surface area contributed by atoms with E-state index in [4.69, 9.17) is 0 Å². The van der Waals surface area contributed by atoms with Crippen molar-refractivity contribution in [3.8, 4) is 0 Å². The SMILES string of the molecule is CCCCCC(CCCC(C)C(C)C)CC(C)C. The first-order chi connectivity index (χ1) is 8.47. The maximum Gasteiger partial charge on any atom is -0.0412 e. The third kappa shape index (κ3) is 9.97. The molecule has 0 fully saturated rings. The minimum Gasteiger partial charge on any atom is -0.0654 e. The largest absolute Gasteiger partial charge is 0.0654 e. The Hall–Kier alpha value is 0. The average molecular weight is 255 g/mol. The summed E-state index contributed by atoms with van der Waals surface area (Å²) in [5, 5.41) is 0. The minimum absolute atomic E-state index is 0.855. The first-order valence-corrected chi connectivity index (χ1v) is 8.47. The number of hydrogen-bond acceptors (Lipinski definition) is 0. The van der Waals surface area contributed by atoms with Gasteiger partial charge in [0.1, 0.15) is 0 Å². The highest BCUT2D eigenvalue weighted by Crippen LogP contribution is 2.26. The summed E-state index contributed by atoms with van der Waals surface area (Å²) in [7, 11) is 0. The molecule has 0 spiro atoms. The van der Waals surface area contributed by atoms with Crippen molar-refractivity contribution in [3.63, 3.8) is 0 Å². The zero-order valence-electron chi connectivity index (χ0n) is 14.0. The lowest BCUT2D eigenvalue weighted by atomic mass is 9.85. The van der Waals surface area contributed by atoms with Crippen molar-refractivity contribution in [3.05, 3.63) is 0 Å². The van der Waals surface area contributed by atoms with Crippen molar-refractivity contribution in [2.45, 2.75) is 92.9 Å². The smallest absolute Gasteiger partial charge is 0.0412 e. The highest BCUT2D eigenvalue weighted by atomic mass is 14.2. The summed E-state index contributed by atoms with van der Waals surface area (Å²) in [6, 6.07) is 0. The molecule has 2 unspecified atom stereocenters. The molecule has 2 atom stereocenters. The van der Waals surface area contributed by atoms with Gasteiger partial charge in [-0.15, -0.1) is 0 Å². The van der Waals surface area contributed by atoms with Crippen molar-refractivity contribution in [1.82, 2.24) is 0 Å². The zero-order valence-corrected chi connectivity index (χ0v) is 14.0. The normalized spacial score (nSPS) is 15.3. The Morgan fingerprint density at radius 1 is 0.722 bits per heavy atom. The monoisotopic (exact) mass is 254 g/mol. The van der Waals surface area contributed by atoms with Crippen LogP contribution in [0.4, 0.5) is 0 Å². The summed E-state index contributed by atoms with van der Waals surface area (Å²) in [4.78, 5) is 0. The van der Waals surface area contributed by atoms with Crippen molar-refractivity contribution < 1.29 is 0 Å². The Bertz CT molecular complexity index is 169. The maximum atomic E-state index is 2.42. The van der Waals surface area contributed by atoms with Gasteiger partial charge in [0.05, 0.1) is 0 Å². The number of unbranched alkanes of at least 4 members (excludes halogenated alkanes) is 2. The van der Waals surface area contributed by atoms with E-state index < -0.39 is 0 Å². The molecular formula is C18H38. The molecule has 0 aromatic heterocycles. The van der Waals surface area contributed by atoms with E-state index in [9.17, 15) is 0 Å². The predicted molar refractivity (Wildman–Crippen MR) is 84.9 cm³/mol. The van der Waals surface area contributed by atoms with Gasteiger partial charge in [-0.3, -0.25) is 0 Å². The lowest BCUT2D eigenvalue weighted by molar-refractivity contribution is 0.314. The molecule has 0 aliphatic rings.